The van der Waals surface area contributed by atoms with E-state index >= 15 is 0 Å². The summed E-state index contributed by atoms with van der Waals surface area (Å²) in [5, 5.41) is 3.61. The number of urea groups is 1. The Morgan fingerprint density at radius 2 is 1.81 bits per heavy atom. The highest BCUT2D eigenvalue weighted by molar-refractivity contribution is 6.31. The van der Waals surface area contributed by atoms with Crippen LogP contribution in [-0.2, 0) is 25.6 Å². The lowest BCUT2D eigenvalue weighted by molar-refractivity contribution is -0.137. The predicted octanol–water partition coefficient (Wildman–Crippen LogP) is 8.57. The van der Waals surface area contributed by atoms with Crippen LogP contribution < -0.4 is 5.32 Å². The summed E-state index contributed by atoms with van der Waals surface area (Å²) in [5.41, 5.74) is 4.94. The smallest absolute Gasteiger partial charge is 0.333 e. The largest absolute Gasteiger partial charge is 0.416 e. The van der Waals surface area contributed by atoms with Crippen LogP contribution in [0.15, 0.2) is 59.6 Å². The van der Waals surface area contributed by atoms with E-state index in [1.807, 2.05) is 39.0 Å². The standard InChI is InChI=1S/C33H33ClF3N3O2/c1-32(2,3)39-31(42)40-15-14-26-25(20-6-4-7-22(16-20)33(35,36)37)12-13-27(28(26)19-40)30(41)9-5-8-24-17-21-10-11-23(34)18-29(21)38-24/h4,6-7,10-13,16,18H,5,8-9,14-15,17,19H2,1-3H3,(H,39,42). The number of hydrogen-bond acceptors (Lipinski definition) is 3. The topological polar surface area (TPSA) is 61.8 Å². The van der Waals surface area contributed by atoms with Crippen LogP contribution in [0.3, 0.4) is 0 Å². The Bertz CT molecular complexity index is 1570. The van der Waals surface area contributed by atoms with Crippen molar-refractivity contribution in [2.45, 2.75) is 71.1 Å². The van der Waals surface area contributed by atoms with Crippen LogP contribution >= 0.6 is 11.6 Å². The van der Waals surface area contributed by atoms with Crippen LogP contribution in [0.2, 0.25) is 5.02 Å². The van der Waals surface area contributed by atoms with E-state index in [2.05, 4.69) is 10.3 Å². The van der Waals surface area contributed by atoms with E-state index in [1.165, 1.54) is 6.07 Å². The number of Topliss-reactive ketones (excluding diaryl/α,β-unsaturated/α-hetero) is 1. The summed E-state index contributed by atoms with van der Waals surface area (Å²) in [6.07, 6.45) is -1.73. The van der Waals surface area contributed by atoms with Crippen molar-refractivity contribution in [3.63, 3.8) is 0 Å². The molecule has 3 aromatic rings. The van der Waals surface area contributed by atoms with Crippen LogP contribution in [0.4, 0.5) is 23.7 Å². The lowest BCUT2D eigenvalue weighted by Gasteiger charge is -2.34. The molecule has 42 heavy (non-hydrogen) atoms. The number of amides is 2. The molecule has 3 aromatic carbocycles. The summed E-state index contributed by atoms with van der Waals surface area (Å²) >= 11 is 6.09. The maximum absolute atomic E-state index is 13.6. The maximum atomic E-state index is 13.6. The maximum Gasteiger partial charge on any atom is 0.416 e. The summed E-state index contributed by atoms with van der Waals surface area (Å²) in [5.74, 6) is -0.0564. The summed E-state index contributed by atoms with van der Waals surface area (Å²) in [6.45, 7) is 6.28. The second-order valence-electron chi connectivity index (χ2n) is 12.0. The summed E-state index contributed by atoms with van der Waals surface area (Å²) < 4.78 is 40.4. The van der Waals surface area contributed by atoms with Gasteiger partial charge in [0, 0.05) is 47.8 Å². The van der Waals surface area contributed by atoms with Crippen LogP contribution in [0, 0.1) is 0 Å². The first kappa shape index (κ1) is 29.8. The lowest BCUT2D eigenvalue weighted by Crippen LogP contribution is -2.50. The molecular weight excluding hydrogens is 563 g/mol. The Morgan fingerprint density at radius 1 is 1.02 bits per heavy atom. The molecule has 0 fully saturated rings. The van der Waals surface area contributed by atoms with Gasteiger partial charge in [0.1, 0.15) is 0 Å². The van der Waals surface area contributed by atoms with Gasteiger partial charge >= 0.3 is 12.2 Å². The average Bonchev–Trinajstić information content (AvgIpc) is 3.32. The number of carbonyl (C=O) groups is 2. The van der Waals surface area contributed by atoms with Crippen LogP contribution in [0.5, 0.6) is 0 Å². The minimum absolute atomic E-state index is 0.0564. The molecule has 220 valence electrons. The van der Waals surface area contributed by atoms with E-state index in [1.54, 1.807) is 23.1 Å². The van der Waals surface area contributed by atoms with Gasteiger partial charge in [-0.2, -0.15) is 13.2 Å². The number of fused-ring (bicyclic) bond motifs is 2. The molecular formula is C33H33ClF3N3O2. The van der Waals surface area contributed by atoms with Gasteiger partial charge in [0.25, 0.3) is 0 Å². The normalized spacial score (nSPS) is 14.7. The molecule has 0 spiro atoms. The zero-order valence-electron chi connectivity index (χ0n) is 23.9. The third-order valence-electron chi connectivity index (χ3n) is 7.57. The third kappa shape index (κ3) is 6.70. The molecule has 2 aliphatic heterocycles. The second-order valence-corrected chi connectivity index (χ2v) is 12.4. The number of hydrogen-bond donors (Lipinski definition) is 1. The number of nitrogens with one attached hydrogen (secondary N) is 1. The summed E-state index contributed by atoms with van der Waals surface area (Å²) in [6, 6.07) is 14.1. The molecule has 0 bridgehead atoms. The highest BCUT2D eigenvalue weighted by Gasteiger charge is 2.32. The van der Waals surface area contributed by atoms with Crippen LogP contribution in [0.25, 0.3) is 11.1 Å². The SMILES string of the molecule is CC(C)(C)NC(=O)N1CCc2c(-c3cccc(C(F)(F)F)c3)ccc(C(=O)CCCC3=Nc4cc(Cl)ccc4C3)c2C1. The first-order valence-corrected chi connectivity index (χ1v) is 14.4. The monoisotopic (exact) mass is 595 g/mol. The van der Waals surface area contributed by atoms with Gasteiger partial charge in [-0.25, -0.2) is 4.79 Å². The first-order valence-electron chi connectivity index (χ1n) is 14.1. The van der Waals surface area contributed by atoms with Crippen molar-refractivity contribution >= 4 is 34.8 Å². The fourth-order valence-corrected chi connectivity index (χ4v) is 5.76. The molecule has 0 aromatic heterocycles. The molecule has 0 atom stereocenters. The van der Waals surface area contributed by atoms with Crippen molar-refractivity contribution in [1.29, 1.82) is 0 Å². The molecule has 2 heterocycles. The number of rotatable bonds is 6. The van der Waals surface area contributed by atoms with Gasteiger partial charge in [0.15, 0.2) is 5.78 Å². The Morgan fingerprint density at radius 3 is 2.55 bits per heavy atom. The van der Waals surface area contributed by atoms with E-state index in [0.29, 0.717) is 59.5 Å². The number of benzene rings is 3. The van der Waals surface area contributed by atoms with Gasteiger partial charge < -0.3 is 10.2 Å². The Labute approximate surface area is 248 Å². The number of carbonyl (C=O) groups excluding carboxylic acids is 2. The molecule has 0 aliphatic carbocycles. The van der Waals surface area contributed by atoms with Gasteiger partial charge in [0.05, 0.1) is 11.3 Å². The molecule has 2 aliphatic rings. The van der Waals surface area contributed by atoms with Gasteiger partial charge in [0.2, 0.25) is 0 Å². The number of nitrogens with zero attached hydrogens (tertiary/aromatic N) is 2. The number of ketones is 1. The molecule has 2 amide bonds. The van der Waals surface area contributed by atoms with Gasteiger partial charge in [-0.1, -0.05) is 41.9 Å². The fraction of sp³-hybridized carbons (Fsp3) is 0.364. The van der Waals surface area contributed by atoms with E-state index in [9.17, 15) is 22.8 Å². The van der Waals surface area contributed by atoms with Crippen molar-refractivity contribution < 1.29 is 22.8 Å². The average molecular weight is 596 g/mol. The number of halogens is 4. The van der Waals surface area contributed by atoms with Gasteiger partial charge in [-0.15, -0.1) is 0 Å². The van der Waals surface area contributed by atoms with Crippen molar-refractivity contribution in [3.8, 4) is 11.1 Å². The molecule has 0 saturated carbocycles. The number of alkyl halides is 3. The molecule has 5 rings (SSSR count). The minimum atomic E-state index is -4.47. The molecule has 9 heteroatoms. The lowest BCUT2D eigenvalue weighted by atomic mass is 9.85. The zero-order chi connectivity index (χ0) is 30.2. The quantitative estimate of drug-likeness (QED) is 0.290. The van der Waals surface area contributed by atoms with E-state index in [-0.39, 0.29) is 18.4 Å². The minimum Gasteiger partial charge on any atom is -0.333 e. The summed E-state index contributed by atoms with van der Waals surface area (Å²) in [4.78, 5) is 32.9. The van der Waals surface area contributed by atoms with Crippen LogP contribution in [0.1, 0.15) is 72.6 Å². The van der Waals surface area contributed by atoms with Crippen molar-refractivity contribution in [2.75, 3.05) is 6.54 Å². The van der Waals surface area contributed by atoms with Crippen molar-refractivity contribution in [1.82, 2.24) is 10.2 Å². The molecule has 0 unspecified atom stereocenters. The Hall–Kier alpha value is -3.65. The van der Waals surface area contributed by atoms with Crippen molar-refractivity contribution in [2.24, 2.45) is 4.99 Å². The zero-order valence-corrected chi connectivity index (χ0v) is 24.6. The molecule has 0 radical (unpaired) electrons. The molecule has 1 N–H and O–H groups in total. The van der Waals surface area contributed by atoms with Gasteiger partial charge in [-0.3, -0.25) is 9.79 Å². The van der Waals surface area contributed by atoms with E-state index in [0.717, 1.165) is 41.1 Å². The Balaban J connectivity index is 1.40. The first-order chi connectivity index (χ1) is 19.8. The Kier molecular flexibility index (Phi) is 8.21. The van der Waals surface area contributed by atoms with Crippen molar-refractivity contribution in [3.05, 3.63) is 87.4 Å². The summed E-state index contributed by atoms with van der Waals surface area (Å²) in [7, 11) is 0. The highest BCUT2D eigenvalue weighted by Crippen LogP contribution is 2.37. The second kappa shape index (κ2) is 11.6. The fourth-order valence-electron chi connectivity index (χ4n) is 5.60. The number of aliphatic imine (C=N–C) groups is 1. The van der Waals surface area contributed by atoms with E-state index < -0.39 is 17.3 Å². The third-order valence-corrected chi connectivity index (χ3v) is 7.81. The molecule has 5 nitrogen and oxygen atoms in total. The molecule has 0 saturated heterocycles. The highest BCUT2D eigenvalue weighted by atomic mass is 35.5. The van der Waals surface area contributed by atoms with E-state index in [4.69, 9.17) is 11.6 Å². The van der Waals surface area contributed by atoms with Gasteiger partial charge in [-0.05, 0) is 92.1 Å². The van der Waals surface area contributed by atoms with Crippen LogP contribution in [-0.4, -0.2) is 34.5 Å². The predicted molar refractivity (Wildman–Crippen MR) is 160 cm³/mol.